The van der Waals surface area contributed by atoms with Gasteiger partial charge in [0.2, 0.25) is 4.96 Å². The smallest absolute Gasteiger partial charge is 0.235 e. The van der Waals surface area contributed by atoms with Crippen LogP contribution in [0.2, 0.25) is 5.02 Å². The Morgan fingerprint density at radius 1 is 1.14 bits per heavy atom. The van der Waals surface area contributed by atoms with Gasteiger partial charge in [-0.2, -0.15) is 14.7 Å². The van der Waals surface area contributed by atoms with Crippen LogP contribution < -0.4 is 0 Å². The molecule has 0 N–H and O–H groups in total. The van der Waals surface area contributed by atoms with Crippen molar-refractivity contribution >= 4 is 27.9 Å². The minimum Gasteiger partial charge on any atom is -0.265 e. The molecule has 0 spiro atoms. The average molecular weight is 331 g/mol. The van der Waals surface area contributed by atoms with Crippen LogP contribution in [0.1, 0.15) is 11.4 Å². The number of nitrogens with zero attached hydrogens (tertiary/aromatic N) is 6. The highest BCUT2D eigenvalue weighted by atomic mass is 35.5. The standard InChI is InChI=1S/C14H11ClN6S/c1-20-11(6-7-16-20)13-19-21-12(17-18-14(21)22-13)8-9-2-4-10(15)5-3-9/h2-7H,8H2,1H3. The van der Waals surface area contributed by atoms with Crippen LogP contribution >= 0.6 is 22.9 Å². The fourth-order valence-electron chi connectivity index (χ4n) is 2.24. The first-order chi connectivity index (χ1) is 10.7. The number of aromatic nitrogens is 6. The molecule has 0 atom stereocenters. The lowest BCUT2D eigenvalue weighted by molar-refractivity contribution is 0.770. The highest BCUT2D eigenvalue weighted by Gasteiger charge is 2.15. The minimum atomic E-state index is 0.660. The molecule has 4 aromatic rings. The Labute approximate surface area is 135 Å². The number of hydrogen-bond acceptors (Lipinski definition) is 5. The van der Waals surface area contributed by atoms with E-state index in [1.54, 1.807) is 15.4 Å². The number of aryl methyl sites for hydroxylation is 1. The van der Waals surface area contributed by atoms with E-state index < -0.39 is 0 Å². The summed E-state index contributed by atoms with van der Waals surface area (Å²) in [6.45, 7) is 0. The lowest BCUT2D eigenvalue weighted by Gasteiger charge is -1.99. The van der Waals surface area contributed by atoms with Crippen LogP contribution in [0.25, 0.3) is 15.7 Å². The molecule has 0 saturated heterocycles. The van der Waals surface area contributed by atoms with E-state index in [1.807, 2.05) is 37.4 Å². The fourth-order valence-corrected chi connectivity index (χ4v) is 3.28. The quantitative estimate of drug-likeness (QED) is 0.579. The molecule has 22 heavy (non-hydrogen) atoms. The number of hydrogen-bond donors (Lipinski definition) is 0. The molecule has 0 unspecified atom stereocenters. The van der Waals surface area contributed by atoms with Crippen molar-refractivity contribution in [1.29, 1.82) is 0 Å². The predicted molar refractivity (Wildman–Crippen MR) is 85.1 cm³/mol. The Hall–Kier alpha value is -2.25. The van der Waals surface area contributed by atoms with E-state index in [2.05, 4.69) is 20.4 Å². The van der Waals surface area contributed by atoms with Crippen LogP contribution in [-0.4, -0.2) is 29.6 Å². The van der Waals surface area contributed by atoms with E-state index in [0.29, 0.717) is 6.42 Å². The van der Waals surface area contributed by atoms with E-state index >= 15 is 0 Å². The molecule has 0 aliphatic carbocycles. The largest absolute Gasteiger partial charge is 0.265 e. The van der Waals surface area contributed by atoms with E-state index in [4.69, 9.17) is 11.6 Å². The summed E-state index contributed by atoms with van der Waals surface area (Å²) < 4.78 is 3.59. The molecular formula is C14H11ClN6S. The van der Waals surface area contributed by atoms with Crippen molar-refractivity contribution in [2.24, 2.45) is 7.05 Å². The second kappa shape index (κ2) is 5.19. The summed E-state index contributed by atoms with van der Waals surface area (Å²) in [6.07, 6.45) is 2.42. The van der Waals surface area contributed by atoms with E-state index in [9.17, 15) is 0 Å². The van der Waals surface area contributed by atoms with Gasteiger partial charge in [-0.05, 0) is 23.8 Å². The number of rotatable bonds is 3. The van der Waals surface area contributed by atoms with Crippen LogP contribution in [0.3, 0.4) is 0 Å². The molecule has 6 nitrogen and oxygen atoms in total. The zero-order chi connectivity index (χ0) is 15.1. The predicted octanol–water partition coefficient (Wildman–Crippen LogP) is 2.83. The van der Waals surface area contributed by atoms with Gasteiger partial charge in [-0.1, -0.05) is 35.1 Å². The maximum atomic E-state index is 5.91. The fraction of sp³-hybridized carbons (Fsp3) is 0.143. The maximum absolute atomic E-state index is 5.91. The van der Waals surface area contributed by atoms with Crippen LogP contribution in [0.15, 0.2) is 36.5 Å². The van der Waals surface area contributed by atoms with E-state index in [1.165, 1.54) is 11.3 Å². The van der Waals surface area contributed by atoms with Gasteiger partial charge in [0.1, 0.15) is 0 Å². The summed E-state index contributed by atoms with van der Waals surface area (Å²) in [5, 5.41) is 18.8. The van der Waals surface area contributed by atoms with Crippen molar-refractivity contribution in [1.82, 2.24) is 29.6 Å². The second-order valence-corrected chi connectivity index (χ2v) is 6.25. The molecule has 0 aliphatic heterocycles. The van der Waals surface area contributed by atoms with Crippen molar-refractivity contribution in [3.63, 3.8) is 0 Å². The average Bonchev–Trinajstić information content (AvgIpc) is 3.18. The first kappa shape index (κ1) is 13.4. The summed E-state index contributed by atoms with van der Waals surface area (Å²) in [7, 11) is 1.90. The number of fused-ring (bicyclic) bond motifs is 1. The SMILES string of the molecule is Cn1nccc1-c1nn2c(Cc3ccc(Cl)cc3)nnc2s1. The third kappa shape index (κ3) is 2.28. The van der Waals surface area contributed by atoms with Gasteiger partial charge in [0, 0.05) is 24.7 Å². The first-order valence-corrected chi connectivity index (χ1v) is 7.84. The molecule has 0 aliphatic rings. The van der Waals surface area contributed by atoms with E-state index in [0.717, 1.165) is 32.1 Å². The summed E-state index contributed by atoms with van der Waals surface area (Å²) >= 11 is 7.41. The molecular weight excluding hydrogens is 320 g/mol. The van der Waals surface area contributed by atoms with Crippen LogP contribution in [0.5, 0.6) is 0 Å². The van der Waals surface area contributed by atoms with Crippen LogP contribution in [-0.2, 0) is 13.5 Å². The first-order valence-electron chi connectivity index (χ1n) is 6.64. The Morgan fingerprint density at radius 3 is 2.68 bits per heavy atom. The molecule has 1 aromatic carbocycles. The molecule has 110 valence electrons. The van der Waals surface area contributed by atoms with Crippen molar-refractivity contribution in [3.8, 4) is 10.7 Å². The summed E-state index contributed by atoms with van der Waals surface area (Å²) in [5.74, 6) is 0.807. The summed E-state index contributed by atoms with van der Waals surface area (Å²) in [5.41, 5.74) is 2.08. The van der Waals surface area contributed by atoms with Gasteiger partial charge in [0.15, 0.2) is 10.8 Å². The molecule has 0 radical (unpaired) electrons. The van der Waals surface area contributed by atoms with Crippen molar-refractivity contribution < 1.29 is 0 Å². The monoisotopic (exact) mass is 330 g/mol. The Kier molecular flexibility index (Phi) is 3.16. The summed E-state index contributed by atoms with van der Waals surface area (Å²) in [4.78, 5) is 0.778. The number of halogens is 1. The van der Waals surface area contributed by atoms with Crippen molar-refractivity contribution in [3.05, 3.63) is 52.9 Å². The molecule has 0 amide bonds. The second-order valence-electron chi connectivity index (χ2n) is 4.86. The highest BCUT2D eigenvalue weighted by molar-refractivity contribution is 7.19. The lowest BCUT2D eigenvalue weighted by Crippen LogP contribution is -1.98. The minimum absolute atomic E-state index is 0.660. The summed E-state index contributed by atoms with van der Waals surface area (Å²) in [6, 6.07) is 9.65. The van der Waals surface area contributed by atoms with Crippen molar-refractivity contribution in [2.45, 2.75) is 6.42 Å². The van der Waals surface area contributed by atoms with E-state index in [-0.39, 0.29) is 0 Å². The molecule has 0 fully saturated rings. The van der Waals surface area contributed by atoms with Gasteiger partial charge >= 0.3 is 0 Å². The highest BCUT2D eigenvalue weighted by Crippen LogP contribution is 2.25. The van der Waals surface area contributed by atoms with Gasteiger partial charge in [-0.15, -0.1) is 10.2 Å². The molecule has 0 saturated carbocycles. The molecule has 0 bridgehead atoms. The Balaban J connectivity index is 1.72. The molecule has 3 aromatic heterocycles. The molecule has 8 heteroatoms. The number of benzene rings is 1. The lowest BCUT2D eigenvalue weighted by atomic mass is 10.1. The molecule has 4 rings (SSSR count). The molecule has 3 heterocycles. The zero-order valence-corrected chi connectivity index (χ0v) is 13.2. The van der Waals surface area contributed by atoms with Gasteiger partial charge in [-0.3, -0.25) is 4.68 Å². The third-order valence-corrected chi connectivity index (χ3v) is 4.54. The third-order valence-electron chi connectivity index (χ3n) is 3.37. The Bertz CT molecular complexity index is 936. The van der Waals surface area contributed by atoms with Gasteiger partial charge < -0.3 is 0 Å². The van der Waals surface area contributed by atoms with Crippen LogP contribution in [0.4, 0.5) is 0 Å². The van der Waals surface area contributed by atoms with Gasteiger partial charge in [-0.25, -0.2) is 0 Å². The van der Waals surface area contributed by atoms with Gasteiger partial charge in [0.25, 0.3) is 0 Å². The van der Waals surface area contributed by atoms with Gasteiger partial charge in [0.05, 0.1) is 5.69 Å². The maximum Gasteiger partial charge on any atom is 0.235 e. The zero-order valence-electron chi connectivity index (χ0n) is 11.6. The topological polar surface area (TPSA) is 60.9 Å². The van der Waals surface area contributed by atoms with Crippen LogP contribution in [0, 0.1) is 0 Å². The normalized spacial score (nSPS) is 11.4. The van der Waals surface area contributed by atoms with Crippen molar-refractivity contribution in [2.75, 3.05) is 0 Å². The Morgan fingerprint density at radius 2 is 1.95 bits per heavy atom.